The quantitative estimate of drug-likeness (QED) is 0.0451. The van der Waals surface area contributed by atoms with Crippen LogP contribution < -0.4 is 5.32 Å². The fourth-order valence-corrected chi connectivity index (χ4v) is 6.07. The predicted molar refractivity (Wildman–Crippen MR) is 216 cm³/mol. The molecule has 0 aromatic carbocycles. The molecule has 284 valence electrons. The van der Waals surface area contributed by atoms with Gasteiger partial charge in [0, 0.05) is 6.42 Å². The van der Waals surface area contributed by atoms with Crippen LogP contribution in [0.15, 0.2) is 60.8 Å². The maximum atomic E-state index is 12.3. The minimum atomic E-state index is -0.869. The Morgan fingerprint density at radius 2 is 0.898 bits per heavy atom. The number of hydrogen-bond acceptors (Lipinski definition) is 3. The molecule has 0 saturated heterocycles. The van der Waals surface area contributed by atoms with E-state index in [1.54, 1.807) is 6.08 Å². The number of unbranched alkanes of at least 4 members (excludes halogenated alkanes) is 22. The maximum Gasteiger partial charge on any atom is 0.220 e. The molecule has 0 aliphatic rings. The molecule has 0 bridgehead atoms. The summed E-state index contributed by atoms with van der Waals surface area (Å²) in [6, 6.07) is -0.661. The second-order valence-corrected chi connectivity index (χ2v) is 14.0. The third kappa shape index (κ3) is 37.2. The largest absolute Gasteiger partial charge is 0.394 e. The van der Waals surface area contributed by atoms with Crippen molar-refractivity contribution in [1.29, 1.82) is 0 Å². The highest BCUT2D eigenvalue weighted by atomic mass is 16.3. The predicted octanol–water partition coefficient (Wildman–Crippen LogP) is 13.0. The van der Waals surface area contributed by atoms with Gasteiger partial charge in [0.15, 0.2) is 0 Å². The minimum absolute atomic E-state index is 0.145. The van der Waals surface area contributed by atoms with Crippen LogP contribution in [0.1, 0.15) is 200 Å². The Morgan fingerprint density at radius 3 is 1.31 bits per heavy atom. The summed E-state index contributed by atoms with van der Waals surface area (Å²) in [5.74, 6) is -0.145. The van der Waals surface area contributed by atoms with Crippen LogP contribution >= 0.6 is 0 Å². The number of nitrogens with one attached hydrogen (secondary N) is 1. The summed E-state index contributed by atoms with van der Waals surface area (Å²) in [5.41, 5.74) is 0. The van der Waals surface area contributed by atoms with E-state index in [1.165, 1.54) is 135 Å². The summed E-state index contributed by atoms with van der Waals surface area (Å²) in [7, 11) is 0. The molecule has 2 unspecified atom stereocenters. The van der Waals surface area contributed by atoms with Gasteiger partial charge in [-0.1, -0.05) is 209 Å². The van der Waals surface area contributed by atoms with Gasteiger partial charge in [-0.05, 0) is 44.9 Å². The number of amides is 1. The van der Waals surface area contributed by atoms with Crippen molar-refractivity contribution in [3.8, 4) is 0 Å². The average Bonchev–Trinajstić information content (AvgIpc) is 3.10. The lowest BCUT2D eigenvalue weighted by Crippen LogP contribution is -2.45. The van der Waals surface area contributed by atoms with Crippen LogP contribution in [-0.2, 0) is 4.79 Å². The molecule has 0 aromatic heterocycles. The van der Waals surface area contributed by atoms with Crippen molar-refractivity contribution in [2.45, 2.75) is 212 Å². The van der Waals surface area contributed by atoms with E-state index < -0.39 is 12.1 Å². The van der Waals surface area contributed by atoms with Crippen molar-refractivity contribution < 1.29 is 15.0 Å². The smallest absolute Gasteiger partial charge is 0.220 e. The summed E-state index contributed by atoms with van der Waals surface area (Å²) in [4.78, 5) is 12.3. The lowest BCUT2D eigenvalue weighted by atomic mass is 10.0. The van der Waals surface area contributed by atoms with Gasteiger partial charge in [-0.15, -0.1) is 0 Å². The number of carbonyl (C=O) groups is 1. The van der Waals surface area contributed by atoms with Crippen LogP contribution in [0.2, 0.25) is 0 Å². The van der Waals surface area contributed by atoms with E-state index in [2.05, 4.69) is 61.7 Å². The Bertz CT molecular complexity index is 827. The highest BCUT2D eigenvalue weighted by Crippen LogP contribution is 2.15. The third-order valence-corrected chi connectivity index (χ3v) is 9.27. The van der Waals surface area contributed by atoms with E-state index in [9.17, 15) is 15.0 Å². The van der Waals surface area contributed by atoms with Crippen LogP contribution in [0.3, 0.4) is 0 Å². The van der Waals surface area contributed by atoms with E-state index in [1.807, 2.05) is 12.2 Å². The third-order valence-electron chi connectivity index (χ3n) is 9.27. The summed E-state index contributed by atoms with van der Waals surface area (Å²) in [6.07, 6.45) is 56.3. The van der Waals surface area contributed by atoms with Gasteiger partial charge in [-0.2, -0.15) is 0 Å². The SMILES string of the molecule is CC/C=C\C/C=C\C/C=C\C/C=C\CCC(=O)NC(CO)C(O)/C=C/CCCCCCCCCCCCCCCCCCCCCCCC. The Hall–Kier alpha value is -1.91. The first-order valence-electron chi connectivity index (χ1n) is 21.0. The number of allylic oxidation sites excluding steroid dienone is 9. The molecular formula is C45H81NO3. The van der Waals surface area contributed by atoms with Crippen molar-refractivity contribution in [2.24, 2.45) is 0 Å². The lowest BCUT2D eigenvalue weighted by Gasteiger charge is -2.19. The molecule has 4 heteroatoms. The number of hydrogen-bond donors (Lipinski definition) is 3. The van der Waals surface area contributed by atoms with Crippen LogP contribution in [0.5, 0.6) is 0 Å². The second kappa shape index (κ2) is 40.5. The molecular weight excluding hydrogens is 602 g/mol. The molecule has 0 saturated carbocycles. The molecule has 0 rings (SSSR count). The van der Waals surface area contributed by atoms with Gasteiger partial charge < -0.3 is 15.5 Å². The Kier molecular flexibility index (Phi) is 38.9. The number of carbonyl (C=O) groups excluding carboxylic acids is 1. The molecule has 0 fully saturated rings. The van der Waals surface area contributed by atoms with Crippen molar-refractivity contribution >= 4 is 5.91 Å². The lowest BCUT2D eigenvalue weighted by molar-refractivity contribution is -0.122. The molecule has 2 atom stereocenters. The van der Waals surface area contributed by atoms with E-state index >= 15 is 0 Å². The summed E-state index contributed by atoms with van der Waals surface area (Å²) >= 11 is 0. The molecule has 0 aromatic rings. The van der Waals surface area contributed by atoms with Crippen molar-refractivity contribution in [3.63, 3.8) is 0 Å². The fourth-order valence-electron chi connectivity index (χ4n) is 6.07. The fraction of sp³-hybridized carbons (Fsp3) is 0.756. The molecule has 0 radical (unpaired) electrons. The molecule has 0 aliphatic heterocycles. The topological polar surface area (TPSA) is 69.6 Å². The molecule has 0 spiro atoms. The summed E-state index contributed by atoms with van der Waals surface area (Å²) in [6.45, 7) is 4.16. The van der Waals surface area contributed by atoms with E-state index in [0.29, 0.717) is 12.8 Å². The zero-order valence-corrected chi connectivity index (χ0v) is 32.4. The summed E-state index contributed by atoms with van der Waals surface area (Å²) < 4.78 is 0. The standard InChI is InChI=1S/C45H81NO3/c1-3-5-7-9-11-13-15-17-18-19-20-21-22-23-24-25-26-27-29-30-32-34-36-38-40-44(48)43(42-47)46-45(49)41-39-37-35-33-31-28-16-14-12-10-8-6-4-2/h6,8,12,14,28,31,35,37-38,40,43-44,47-48H,3-5,7,9-11,13,15-27,29-30,32-34,36,39,41-42H2,1-2H3,(H,46,49)/b8-6-,14-12-,31-28-,37-35-,40-38+. The van der Waals surface area contributed by atoms with E-state index in [-0.39, 0.29) is 12.5 Å². The van der Waals surface area contributed by atoms with Crippen LogP contribution in [0.25, 0.3) is 0 Å². The maximum absolute atomic E-state index is 12.3. The molecule has 4 nitrogen and oxygen atoms in total. The van der Waals surface area contributed by atoms with Gasteiger partial charge in [-0.25, -0.2) is 0 Å². The monoisotopic (exact) mass is 684 g/mol. The van der Waals surface area contributed by atoms with Gasteiger partial charge in [0.1, 0.15) is 0 Å². The first kappa shape index (κ1) is 47.1. The highest BCUT2D eigenvalue weighted by molar-refractivity contribution is 5.76. The van der Waals surface area contributed by atoms with Crippen LogP contribution in [0.4, 0.5) is 0 Å². The molecule has 0 heterocycles. The molecule has 49 heavy (non-hydrogen) atoms. The summed E-state index contributed by atoms with van der Waals surface area (Å²) in [5, 5.41) is 22.9. The molecule has 1 amide bonds. The number of rotatable bonds is 37. The average molecular weight is 684 g/mol. The minimum Gasteiger partial charge on any atom is -0.394 e. The van der Waals surface area contributed by atoms with Crippen molar-refractivity contribution in [2.75, 3.05) is 6.61 Å². The first-order chi connectivity index (χ1) is 24.2. The van der Waals surface area contributed by atoms with Gasteiger partial charge in [0.25, 0.3) is 0 Å². The van der Waals surface area contributed by atoms with Gasteiger partial charge in [0.2, 0.25) is 5.91 Å². The Balaban J connectivity index is 3.61. The molecule has 3 N–H and O–H groups in total. The Morgan fingerprint density at radius 1 is 0.510 bits per heavy atom. The Labute approximate surface area is 305 Å². The van der Waals surface area contributed by atoms with Gasteiger partial charge in [0.05, 0.1) is 18.8 Å². The first-order valence-corrected chi connectivity index (χ1v) is 21.0. The zero-order chi connectivity index (χ0) is 35.7. The molecule has 0 aliphatic carbocycles. The van der Waals surface area contributed by atoms with Gasteiger partial charge >= 0.3 is 0 Å². The van der Waals surface area contributed by atoms with Crippen molar-refractivity contribution in [1.82, 2.24) is 5.32 Å². The highest BCUT2D eigenvalue weighted by Gasteiger charge is 2.17. The van der Waals surface area contributed by atoms with Crippen molar-refractivity contribution in [3.05, 3.63) is 60.8 Å². The van der Waals surface area contributed by atoms with Crippen LogP contribution in [0, 0.1) is 0 Å². The number of aliphatic hydroxyl groups is 2. The normalized spacial score (nSPS) is 13.6. The van der Waals surface area contributed by atoms with E-state index in [4.69, 9.17) is 0 Å². The zero-order valence-electron chi connectivity index (χ0n) is 32.4. The second-order valence-electron chi connectivity index (χ2n) is 14.0. The van der Waals surface area contributed by atoms with Crippen LogP contribution in [-0.4, -0.2) is 34.9 Å². The van der Waals surface area contributed by atoms with Gasteiger partial charge in [-0.3, -0.25) is 4.79 Å². The van der Waals surface area contributed by atoms with E-state index in [0.717, 1.165) is 38.5 Å². The number of aliphatic hydroxyl groups excluding tert-OH is 2.